The third-order valence-electron chi connectivity index (χ3n) is 4.98. The summed E-state index contributed by atoms with van der Waals surface area (Å²) in [6.45, 7) is -0.0250. The summed E-state index contributed by atoms with van der Waals surface area (Å²) in [6.07, 6.45) is 1.47. The summed E-state index contributed by atoms with van der Waals surface area (Å²) in [5.41, 5.74) is 0.766. The number of nitrogens with one attached hydrogen (secondary N) is 1. The molecule has 9 heteroatoms. The predicted molar refractivity (Wildman–Crippen MR) is 124 cm³/mol. The number of hydrogen-bond donors (Lipinski definition) is 1. The third-order valence-corrected chi connectivity index (χ3v) is 5.60. The Morgan fingerprint density at radius 3 is 2.44 bits per heavy atom. The number of carbonyl (C=O) groups excluding carboxylic acids is 1. The summed E-state index contributed by atoms with van der Waals surface area (Å²) in [6, 6.07) is 17.2. The van der Waals surface area contributed by atoms with E-state index >= 15 is 0 Å². The highest BCUT2D eigenvalue weighted by molar-refractivity contribution is 6.31. The minimum absolute atomic E-state index is 0.0303. The van der Waals surface area contributed by atoms with Crippen LogP contribution in [0.15, 0.2) is 76.4 Å². The Balaban J connectivity index is 1.68. The summed E-state index contributed by atoms with van der Waals surface area (Å²) >= 11 is 12.1. The highest BCUT2D eigenvalue weighted by atomic mass is 35.5. The van der Waals surface area contributed by atoms with Crippen molar-refractivity contribution >= 4 is 40.1 Å². The lowest BCUT2D eigenvalue weighted by atomic mass is 10.2. The zero-order valence-corrected chi connectivity index (χ0v) is 18.3. The molecule has 2 aromatic carbocycles. The first-order chi connectivity index (χ1) is 15.4. The second-order valence-electron chi connectivity index (χ2n) is 7.13. The van der Waals surface area contributed by atoms with E-state index in [-0.39, 0.29) is 25.2 Å². The van der Waals surface area contributed by atoms with Crippen molar-refractivity contribution in [2.45, 2.75) is 19.6 Å². The highest BCUT2D eigenvalue weighted by Crippen LogP contribution is 2.14. The molecule has 1 amide bonds. The molecule has 0 spiro atoms. The normalized spacial score (nSPS) is 10.9. The number of nitrogens with zero attached hydrogens (tertiary/aromatic N) is 3. The highest BCUT2D eigenvalue weighted by Gasteiger charge is 2.16. The van der Waals surface area contributed by atoms with Crippen molar-refractivity contribution in [3.05, 3.63) is 109 Å². The van der Waals surface area contributed by atoms with Crippen molar-refractivity contribution in [1.82, 2.24) is 19.4 Å². The molecule has 0 aliphatic rings. The van der Waals surface area contributed by atoms with Gasteiger partial charge in [0.15, 0.2) is 5.52 Å². The Hall–Kier alpha value is -3.42. The van der Waals surface area contributed by atoms with Gasteiger partial charge in [0.1, 0.15) is 6.54 Å². The number of rotatable bonds is 6. The van der Waals surface area contributed by atoms with Crippen LogP contribution in [0.2, 0.25) is 10.0 Å². The van der Waals surface area contributed by atoms with E-state index in [1.165, 1.54) is 10.8 Å². The fourth-order valence-corrected chi connectivity index (χ4v) is 3.67. The van der Waals surface area contributed by atoms with Crippen molar-refractivity contribution in [2.24, 2.45) is 0 Å². The molecular formula is C23H18Cl2N4O3. The maximum Gasteiger partial charge on any atom is 0.332 e. The Bertz CT molecular complexity index is 1410. The number of fused-ring (bicyclic) bond motifs is 1. The molecule has 4 rings (SSSR count). The Morgan fingerprint density at radius 1 is 0.938 bits per heavy atom. The van der Waals surface area contributed by atoms with Crippen LogP contribution >= 0.6 is 23.2 Å². The lowest BCUT2D eigenvalue weighted by Gasteiger charge is -2.14. The Labute approximate surface area is 192 Å². The molecule has 0 saturated carbocycles. The molecule has 0 radical (unpaired) electrons. The van der Waals surface area contributed by atoms with Crippen LogP contribution in [0, 0.1) is 0 Å². The largest absolute Gasteiger partial charge is 0.350 e. The molecule has 7 nitrogen and oxygen atoms in total. The van der Waals surface area contributed by atoms with Crippen molar-refractivity contribution < 1.29 is 4.79 Å². The van der Waals surface area contributed by atoms with Gasteiger partial charge >= 0.3 is 5.69 Å². The minimum atomic E-state index is -0.599. The maximum atomic E-state index is 13.2. The van der Waals surface area contributed by atoms with Gasteiger partial charge in [-0.2, -0.15) is 0 Å². The minimum Gasteiger partial charge on any atom is -0.350 e. The van der Waals surface area contributed by atoms with Gasteiger partial charge in [-0.15, -0.1) is 0 Å². The maximum absolute atomic E-state index is 13.2. The second-order valence-corrected chi connectivity index (χ2v) is 7.97. The molecule has 0 fully saturated rings. The summed E-state index contributed by atoms with van der Waals surface area (Å²) < 4.78 is 2.32. The van der Waals surface area contributed by atoms with Crippen molar-refractivity contribution in [3.8, 4) is 0 Å². The molecule has 162 valence electrons. The molecule has 1 N–H and O–H groups in total. The van der Waals surface area contributed by atoms with E-state index in [1.54, 1.807) is 54.6 Å². The molecule has 2 heterocycles. The number of halogens is 2. The zero-order chi connectivity index (χ0) is 22.7. The monoisotopic (exact) mass is 468 g/mol. The van der Waals surface area contributed by atoms with E-state index in [1.807, 2.05) is 6.07 Å². The summed E-state index contributed by atoms with van der Waals surface area (Å²) in [5, 5.41) is 3.85. The first-order valence-electron chi connectivity index (χ1n) is 9.77. The van der Waals surface area contributed by atoms with Crippen molar-refractivity contribution in [1.29, 1.82) is 0 Å². The van der Waals surface area contributed by atoms with E-state index in [9.17, 15) is 14.4 Å². The second kappa shape index (κ2) is 9.38. The van der Waals surface area contributed by atoms with E-state index in [2.05, 4.69) is 10.3 Å². The van der Waals surface area contributed by atoms with Crippen LogP contribution in [0.4, 0.5) is 0 Å². The van der Waals surface area contributed by atoms with Crippen LogP contribution in [0.5, 0.6) is 0 Å². The zero-order valence-electron chi connectivity index (χ0n) is 16.8. The van der Waals surface area contributed by atoms with E-state index < -0.39 is 17.2 Å². The average molecular weight is 469 g/mol. The molecule has 32 heavy (non-hydrogen) atoms. The molecule has 2 aromatic heterocycles. The molecule has 0 atom stereocenters. The van der Waals surface area contributed by atoms with Crippen molar-refractivity contribution in [3.63, 3.8) is 0 Å². The molecule has 0 saturated heterocycles. The first kappa shape index (κ1) is 21.8. The van der Waals surface area contributed by atoms with Crippen molar-refractivity contribution in [2.75, 3.05) is 0 Å². The van der Waals surface area contributed by atoms with Crippen LogP contribution < -0.4 is 16.6 Å². The molecule has 4 aromatic rings. The van der Waals surface area contributed by atoms with E-state index in [0.29, 0.717) is 15.6 Å². The lowest BCUT2D eigenvalue weighted by molar-refractivity contribution is -0.121. The van der Waals surface area contributed by atoms with Gasteiger partial charge < -0.3 is 5.32 Å². The topological polar surface area (TPSA) is 86.0 Å². The van der Waals surface area contributed by atoms with Crippen LogP contribution in [0.3, 0.4) is 0 Å². The first-order valence-corrected chi connectivity index (χ1v) is 10.5. The number of benzene rings is 2. The summed E-state index contributed by atoms with van der Waals surface area (Å²) in [4.78, 5) is 43.0. The van der Waals surface area contributed by atoms with Gasteiger partial charge in [-0.05, 0) is 41.5 Å². The Morgan fingerprint density at radius 2 is 1.69 bits per heavy atom. The van der Waals surface area contributed by atoms with Crippen LogP contribution in [-0.4, -0.2) is 20.0 Å². The quantitative estimate of drug-likeness (QED) is 0.470. The smallest absolute Gasteiger partial charge is 0.332 e. The van der Waals surface area contributed by atoms with Gasteiger partial charge in [0.05, 0.1) is 12.1 Å². The SMILES string of the molecule is O=C(Cn1c(=O)n(Cc2ccc(Cl)cc2)c(=O)c2ncccc21)NCc1ccccc1Cl. The van der Waals surface area contributed by atoms with Gasteiger partial charge in [0.25, 0.3) is 5.56 Å². The summed E-state index contributed by atoms with van der Waals surface area (Å²) in [7, 11) is 0. The number of pyridine rings is 1. The van der Waals surface area contributed by atoms with Gasteiger partial charge in [-0.3, -0.25) is 18.7 Å². The molecule has 0 aliphatic carbocycles. The molecule has 0 unspecified atom stereocenters. The fraction of sp³-hybridized carbons (Fsp3) is 0.130. The molecule has 0 bridgehead atoms. The molecule has 0 aliphatic heterocycles. The summed E-state index contributed by atoms with van der Waals surface area (Å²) in [5.74, 6) is -0.395. The lowest BCUT2D eigenvalue weighted by Crippen LogP contribution is -2.43. The number of aromatic nitrogens is 3. The van der Waals surface area contributed by atoms with Crippen LogP contribution in [0.1, 0.15) is 11.1 Å². The van der Waals surface area contributed by atoms with E-state index in [0.717, 1.165) is 15.7 Å². The predicted octanol–water partition coefficient (Wildman–Crippen LogP) is 3.23. The average Bonchev–Trinajstić information content (AvgIpc) is 2.80. The van der Waals surface area contributed by atoms with Gasteiger partial charge in [-0.25, -0.2) is 9.78 Å². The molecular weight excluding hydrogens is 451 g/mol. The number of amides is 1. The number of carbonyl (C=O) groups is 1. The van der Waals surface area contributed by atoms with E-state index in [4.69, 9.17) is 23.2 Å². The van der Waals surface area contributed by atoms with Crippen LogP contribution in [-0.2, 0) is 24.4 Å². The van der Waals surface area contributed by atoms with Gasteiger partial charge in [0, 0.05) is 22.8 Å². The van der Waals surface area contributed by atoms with Gasteiger partial charge in [-0.1, -0.05) is 53.5 Å². The third kappa shape index (κ3) is 4.59. The standard InChI is InChI=1S/C23H18Cl2N4O3/c24-17-9-7-15(8-10-17)13-29-22(31)21-19(6-3-11-26-21)28(23(29)32)14-20(30)27-12-16-4-1-2-5-18(16)25/h1-11H,12-14H2,(H,27,30). The number of hydrogen-bond acceptors (Lipinski definition) is 4. The Kier molecular flexibility index (Phi) is 6.39. The van der Waals surface area contributed by atoms with Gasteiger partial charge in [0.2, 0.25) is 5.91 Å². The van der Waals surface area contributed by atoms with Crippen LogP contribution in [0.25, 0.3) is 11.0 Å². The fourth-order valence-electron chi connectivity index (χ4n) is 3.34.